The van der Waals surface area contributed by atoms with Gasteiger partial charge < -0.3 is 18.8 Å². The fraction of sp³-hybridized carbons (Fsp3) is 0.536. The largest absolute Gasteiger partial charge is 0.460 e. The smallest absolute Gasteiger partial charge is 0.412 e. The van der Waals surface area contributed by atoms with Crippen LogP contribution in [0.5, 0.6) is 0 Å². The van der Waals surface area contributed by atoms with Gasteiger partial charge in [-0.25, -0.2) is 9.59 Å². The first kappa shape index (κ1) is 27.8. The van der Waals surface area contributed by atoms with E-state index in [2.05, 4.69) is 24.3 Å². The zero-order valence-corrected chi connectivity index (χ0v) is 23.7. The zero-order chi connectivity index (χ0) is 27.6. The van der Waals surface area contributed by atoms with E-state index < -0.39 is 11.7 Å². The predicted octanol–water partition coefficient (Wildman–Crippen LogP) is 6.96. The molecule has 0 spiro atoms. The van der Waals surface area contributed by atoms with Gasteiger partial charge in [-0.05, 0) is 64.7 Å². The van der Waals surface area contributed by atoms with Crippen molar-refractivity contribution in [3.05, 3.63) is 46.3 Å². The van der Waals surface area contributed by atoms with Crippen LogP contribution in [0.1, 0.15) is 70.4 Å². The van der Waals surface area contributed by atoms with E-state index in [1.54, 1.807) is 15.6 Å². The van der Waals surface area contributed by atoms with Crippen molar-refractivity contribution in [1.82, 2.24) is 14.7 Å². The molecule has 4 rings (SSSR count). The van der Waals surface area contributed by atoms with Crippen molar-refractivity contribution < 1.29 is 23.5 Å². The fourth-order valence-electron chi connectivity index (χ4n) is 4.44. The Bertz CT molecular complexity index is 1300. The summed E-state index contributed by atoms with van der Waals surface area (Å²) < 4.78 is 18.8. The van der Waals surface area contributed by atoms with Crippen LogP contribution in [0.2, 0.25) is 5.02 Å². The molecule has 0 radical (unpaired) electrons. The van der Waals surface area contributed by atoms with E-state index in [4.69, 9.17) is 25.5 Å². The molecule has 0 unspecified atom stereocenters. The van der Waals surface area contributed by atoms with Gasteiger partial charge in [0.1, 0.15) is 16.9 Å². The number of carbonyl (C=O) groups excluding carboxylic acids is 2. The summed E-state index contributed by atoms with van der Waals surface area (Å²) in [5.41, 5.74) is 2.06. The lowest BCUT2D eigenvalue weighted by Crippen LogP contribution is -2.42. The van der Waals surface area contributed by atoms with Crippen LogP contribution < -0.4 is 5.32 Å². The normalized spacial score (nSPS) is 14.8. The number of benzene rings is 1. The second-order valence-corrected chi connectivity index (χ2v) is 11.7. The number of nitrogens with one attached hydrogen (secondary N) is 1. The summed E-state index contributed by atoms with van der Waals surface area (Å²) in [6, 6.07) is 7.60. The highest BCUT2D eigenvalue weighted by atomic mass is 35.5. The van der Waals surface area contributed by atoms with Gasteiger partial charge in [0.25, 0.3) is 0 Å². The number of ether oxygens (including phenoxy) is 2. The number of likely N-dealkylation sites (tertiary alicyclic amines) is 1. The first-order valence-corrected chi connectivity index (χ1v) is 13.4. The van der Waals surface area contributed by atoms with Gasteiger partial charge >= 0.3 is 12.2 Å². The van der Waals surface area contributed by atoms with Gasteiger partial charge in [-0.15, -0.1) is 0 Å². The molecule has 1 saturated heterocycles. The molecule has 1 N–H and O–H groups in total. The number of furan rings is 1. The van der Waals surface area contributed by atoms with Gasteiger partial charge in [0.15, 0.2) is 5.82 Å². The minimum atomic E-state index is -0.554. The number of amides is 2. The lowest BCUT2D eigenvalue weighted by molar-refractivity contribution is 0.0152. The average Bonchev–Trinajstić information content (AvgIpc) is 3.40. The van der Waals surface area contributed by atoms with Gasteiger partial charge in [0.05, 0.1) is 13.2 Å². The van der Waals surface area contributed by atoms with E-state index in [9.17, 15) is 9.59 Å². The van der Waals surface area contributed by atoms with E-state index in [1.165, 1.54) is 0 Å². The number of anilines is 1. The molecule has 10 heteroatoms. The van der Waals surface area contributed by atoms with Gasteiger partial charge in [0, 0.05) is 46.7 Å². The summed E-state index contributed by atoms with van der Waals surface area (Å²) in [5.74, 6) is 1.77. The second kappa shape index (κ2) is 11.3. The molecule has 1 aromatic carbocycles. The minimum Gasteiger partial charge on any atom is -0.460 e. The van der Waals surface area contributed by atoms with E-state index in [-0.39, 0.29) is 24.5 Å². The number of carbonyl (C=O) groups is 2. The van der Waals surface area contributed by atoms with Crippen molar-refractivity contribution in [3.63, 3.8) is 0 Å². The number of piperidine rings is 1. The number of aryl methyl sites for hydroxylation is 1. The van der Waals surface area contributed by atoms with Crippen molar-refractivity contribution >= 4 is 40.6 Å². The maximum Gasteiger partial charge on any atom is 0.412 e. The Morgan fingerprint density at radius 3 is 2.55 bits per heavy atom. The molecule has 3 heterocycles. The quantitative estimate of drug-likeness (QED) is 0.360. The Morgan fingerprint density at radius 2 is 1.89 bits per heavy atom. The van der Waals surface area contributed by atoms with Crippen molar-refractivity contribution in [2.24, 2.45) is 5.92 Å². The van der Waals surface area contributed by atoms with E-state index in [0.717, 1.165) is 40.8 Å². The van der Waals surface area contributed by atoms with Crippen LogP contribution in [0.15, 0.2) is 28.7 Å². The highest BCUT2D eigenvalue weighted by Crippen LogP contribution is 2.31. The van der Waals surface area contributed by atoms with Crippen molar-refractivity contribution in [3.8, 4) is 0 Å². The molecule has 0 bridgehead atoms. The molecule has 0 saturated carbocycles. The number of rotatable bonds is 6. The molecule has 9 nitrogen and oxygen atoms in total. The molecule has 38 heavy (non-hydrogen) atoms. The molecule has 206 valence electrons. The number of aromatic nitrogens is 2. The number of nitrogens with zero attached hydrogens (tertiary/aromatic N) is 3. The lowest BCUT2D eigenvalue weighted by atomic mass is 9.98. The average molecular weight is 545 g/mol. The summed E-state index contributed by atoms with van der Waals surface area (Å²) in [6.45, 7) is 13.5. The van der Waals surface area contributed by atoms with E-state index in [1.807, 2.05) is 45.9 Å². The van der Waals surface area contributed by atoms with Crippen LogP contribution in [0.3, 0.4) is 0 Å². The molecular formula is C28H37ClN4O5. The summed E-state index contributed by atoms with van der Waals surface area (Å²) in [7, 11) is 0. The summed E-state index contributed by atoms with van der Waals surface area (Å²) >= 11 is 6.37. The number of hydrogen-bond acceptors (Lipinski definition) is 6. The van der Waals surface area contributed by atoms with Crippen molar-refractivity contribution in [2.75, 3.05) is 25.0 Å². The third-order valence-corrected chi connectivity index (χ3v) is 6.71. The summed E-state index contributed by atoms with van der Waals surface area (Å²) in [5, 5.41) is 8.85. The SMILES string of the molecule is Cc1cc(NC(=O)OCC2CCN(C(=O)OC(C)(C)C)CC2)nn1Cc1cc(Cl)cc2cc(C(C)C)oc12. The van der Waals surface area contributed by atoms with Crippen LogP contribution in [-0.4, -0.2) is 52.2 Å². The number of hydrogen-bond donors (Lipinski definition) is 1. The summed E-state index contributed by atoms with van der Waals surface area (Å²) in [6.07, 6.45) is 0.646. The molecule has 2 aromatic heterocycles. The van der Waals surface area contributed by atoms with Gasteiger partial charge in [-0.2, -0.15) is 5.10 Å². The number of fused-ring (bicyclic) bond motifs is 1. The molecule has 0 atom stereocenters. The molecule has 1 aliphatic heterocycles. The molecular weight excluding hydrogens is 508 g/mol. The van der Waals surface area contributed by atoms with E-state index >= 15 is 0 Å². The third kappa shape index (κ3) is 7.01. The number of halogens is 1. The van der Waals surface area contributed by atoms with Crippen LogP contribution in [0.25, 0.3) is 11.0 Å². The molecule has 0 aliphatic carbocycles. The van der Waals surface area contributed by atoms with Gasteiger partial charge in [-0.1, -0.05) is 25.4 Å². The van der Waals surface area contributed by atoms with E-state index in [0.29, 0.717) is 30.5 Å². The van der Waals surface area contributed by atoms with Crippen molar-refractivity contribution in [2.45, 2.75) is 72.4 Å². The third-order valence-electron chi connectivity index (χ3n) is 6.49. The molecule has 1 fully saturated rings. The monoisotopic (exact) mass is 544 g/mol. The Morgan fingerprint density at radius 1 is 1.18 bits per heavy atom. The highest BCUT2D eigenvalue weighted by molar-refractivity contribution is 6.31. The maximum absolute atomic E-state index is 12.4. The Kier molecular flexibility index (Phi) is 8.25. The topological polar surface area (TPSA) is 98.8 Å². The predicted molar refractivity (Wildman–Crippen MR) is 147 cm³/mol. The molecule has 1 aliphatic rings. The second-order valence-electron chi connectivity index (χ2n) is 11.2. The fourth-order valence-corrected chi connectivity index (χ4v) is 4.69. The lowest BCUT2D eigenvalue weighted by Gasteiger charge is -2.33. The van der Waals surface area contributed by atoms with Crippen LogP contribution in [0.4, 0.5) is 15.4 Å². The Hall–Kier alpha value is -3.20. The van der Waals surface area contributed by atoms with Crippen molar-refractivity contribution in [1.29, 1.82) is 0 Å². The van der Waals surface area contributed by atoms with Crippen LogP contribution in [-0.2, 0) is 16.0 Å². The van der Waals surface area contributed by atoms with Gasteiger partial charge in [-0.3, -0.25) is 10.00 Å². The first-order valence-electron chi connectivity index (χ1n) is 13.1. The molecule has 3 aromatic rings. The Balaban J connectivity index is 1.30. The minimum absolute atomic E-state index is 0.188. The van der Waals surface area contributed by atoms with Crippen LogP contribution in [0, 0.1) is 12.8 Å². The van der Waals surface area contributed by atoms with Crippen LogP contribution >= 0.6 is 11.6 Å². The highest BCUT2D eigenvalue weighted by Gasteiger charge is 2.27. The Labute approximate surface area is 228 Å². The summed E-state index contributed by atoms with van der Waals surface area (Å²) in [4.78, 5) is 26.4. The standard InChI is InChI=1S/C28H37ClN4O5/c1-17(2)23-14-20-12-22(29)13-21(25(20)37-23)15-33-18(3)11-24(31-33)30-26(34)36-16-19-7-9-32(10-8-19)27(35)38-28(4,5)6/h11-14,17,19H,7-10,15-16H2,1-6H3,(H,30,31,34). The zero-order valence-electron chi connectivity index (χ0n) is 23.0. The molecule has 2 amide bonds. The maximum atomic E-state index is 12.4. The van der Waals surface area contributed by atoms with Gasteiger partial charge in [0.2, 0.25) is 0 Å². The first-order chi connectivity index (χ1) is 17.9.